The Balaban J connectivity index is 2.08. The predicted octanol–water partition coefficient (Wildman–Crippen LogP) is 1.62. The Hall–Kier alpha value is -2.24. The fourth-order valence-electron chi connectivity index (χ4n) is 1.68. The number of aromatic carboxylic acids is 1. The highest BCUT2D eigenvalue weighted by Crippen LogP contribution is 2.28. The average Bonchev–Trinajstić information content (AvgIpc) is 2.83. The van der Waals surface area contributed by atoms with Crippen LogP contribution in [-0.2, 0) is 17.8 Å². The molecule has 1 aromatic rings. The minimum atomic E-state index is -1.06. The van der Waals surface area contributed by atoms with Crippen molar-refractivity contribution in [3.05, 3.63) is 35.8 Å². The molecule has 0 bridgehead atoms. The highest BCUT2D eigenvalue weighted by molar-refractivity contribution is 5.89. The Kier molecular flexibility index (Phi) is 2.86. The average molecular weight is 237 g/mol. The number of furan rings is 1. The number of nitrogens with zero attached hydrogens (tertiary/aromatic N) is 1. The van der Waals surface area contributed by atoms with E-state index in [4.69, 9.17) is 14.3 Å². The summed E-state index contributed by atoms with van der Waals surface area (Å²) in [5, 5.41) is 8.90. The summed E-state index contributed by atoms with van der Waals surface area (Å²) in [6, 6.07) is 0. The zero-order chi connectivity index (χ0) is 12.4. The minimum absolute atomic E-state index is 0.0963. The van der Waals surface area contributed by atoms with Gasteiger partial charge in [-0.05, 0) is 0 Å². The monoisotopic (exact) mass is 237 g/mol. The summed E-state index contributed by atoms with van der Waals surface area (Å²) in [7, 11) is 0. The molecule has 0 fully saturated rings. The SMILES string of the molecule is C=CCOC(=O)N1Cc2occ(C(=O)O)c2C1. The first-order valence-corrected chi connectivity index (χ1v) is 4.98. The molecule has 6 nitrogen and oxygen atoms in total. The highest BCUT2D eigenvalue weighted by atomic mass is 16.6. The second-order valence-corrected chi connectivity index (χ2v) is 3.58. The van der Waals surface area contributed by atoms with Crippen LogP contribution in [0.5, 0.6) is 0 Å². The van der Waals surface area contributed by atoms with Gasteiger partial charge in [0.15, 0.2) is 0 Å². The van der Waals surface area contributed by atoms with Crippen molar-refractivity contribution in [1.29, 1.82) is 0 Å². The Morgan fingerprint density at radius 1 is 1.59 bits per heavy atom. The van der Waals surface area contributed by atoms with Gasteiger partial charge in [0.2, 0.25) is 0 Å². The molecule has 0 aromatic carbocycles. The number of hydrogen-bond donors (Lipinski definition) is 1. The molecular weight excluding hydrogens is 226 g/mol. The first kappa shape index (κ1) is 11.3. The predicted molar refractivity (Wildman–Crippen MR) is 56.5 cm³/mol. The molecular formula is C11H11NO5. The summed E-state index contributed by atoms with van der Waals surface area (Å²) < 4.78 is 9.96. The first-order chi connectivity index (χ1) is 8.13. The fraction of sp³-hybridized carbons (Fsp3) is 0.273. The second-order valence-electron chi connectivity index (χ2n) is 3.58. The van der Waals surface area contributed by atoms with Gasteiger partial charge in [-0.2, -0.15) is 0 Å². The van der Waals surface area contributed by atoms with Gasteiger partial charge >= 0.3 is 12.1 Å². The molecule has 2 rings (SSSR count). The van der Waals surface area contributed by atoms with Gasteiger partial charge in [-0.15, -0.1) is 0 Å². The van der Waals surface area contributed by atoms with E-state index in [0.29, 0.717) is 11.3 Å². The Bertz CT molecular complexity index is 476. The van der Waals surface area contributed by atoms with E-state index in [1.54, 1.807) is 0 Å². The van der Waals surface area contributed by atoms with Gasteiger partial charge in [-0.1, -0.05) is 12.7 Å². The van der Waals surface area contributed by atoms with Gasteiger partial charge in [0.05, 0.1) is 13.1 Å². The van der Waals surface area contributed by atoms with E-state index in [0.717, 1.165) is 0 Å². The Morgan fingerprint density at radius 2 is 2.35 bits per heavy atom. The number of carboxylic acid groups (broad SMARTS) is 1. The quantitative estimate of drug-likeness (QED) is 0.808. The number of amides is 1. The van der Waals surface area contributed by atoms with Crippen LogP contribution in [0.15, 0.2) is 23.3 Å². The lowest BCUT2D eigenvalue weighted by Gasteiger charge is -2.14. The second kappa shape index (κ2) is 4.32. The molecule has 0 saturated heterocycles. The van der Waals surface area contributed by atoms with Gasteiger partial charge in [-0.3, -0.25) is 4.90 Å². The van der Waals surface area contributed by atoms with Crippen LogP contribution in [0.4, 0.5) is 4.79 Å². The maximum Gasteiger partial charge on any atom is 0.410 e. The summed E-state index contributed by atoms with van der Waals surface area (Å²) in [5.41, 5.74) is 0.632. The van der Waals surface area contributed by atoms with E-state index < -0.39 is 12.1 Å². The lowest BCUT2D eigenvalue weighted by molar-refractivity contribution is 0.0692. The molecule has 0 saturated carbocycles. The zero-order valence-electron chi connectivity index (χ0n) is 9.01. The van der Waals surface area contributed by atoms with E-state index in [1.807, 2.05) is 0 Å². The van der Waals surface area contributed by atoms with E-state index in [-0.39, 0.29) is 25.3 Å². The molecule has 1 aromatic heterocycles. The fourth-order valence-corrected chi connectivity index (χ4v) is 1.68. The van der Waals surface area contributed by atoms with Gasteiger partial charge in [0, 0.05) is 5.56 Å². The maximum atomic E-state index is 11.5. The van der Waals surface area contributed by atoms with Crippen molar-refractivity contribution in [2.75, 3.05) is 6.61 Å². The van der Waals surface area contributed by atoms with Gasteiger partial charge in [-0.25, -0.2) is 9.59 Å². The zero-order valence-corrected chi connectivity index (χ0v) is 9.01. The summed E-state index contributed by atoms with van der Waals surface area (Å²) in [5.74, 6) is -0.561. The Labute approximate surface area is 97.1 Å². The Morgan fingerprint density at radius 3 is 3.00 bits per heavy atom. The van der Waals surface area contributed by atoms with E-state index in [9.17, 15) is 9.59 Å². The normalized spacial score (nSPS) is 13.3. The van der Waals surface area contributed by atoms with Gasteiger partial charge in [0.25, 0.3) is 0 Å². The molecule has 0 unspecified atom stereocenters. The minimum Gasteiger partial charge on any atom is -0.478 e. The van der Waals surface area contributed by atoms with Crippen molar-refractivity contribution < 1.29 is 23.8 Å². The molecule has 0 radical (unpaired) electrons. The van der Waals surface area contributed by atoms with E-state index >= 15 is 0 Å². The number of rotatable bonds is 3. The van der Waals surface area contributed by atoms with Crippen LogP contribution in [0.1, 0.15) is 21.7 Å². The molecule has 1 N–H and O–H groups in total. The van der Waals surface area contributed by atoms with Crippen LogP contribution < -0.4 is 0 Å². The molecule has 6 heteroatoms. The largest absolute Gasteiger partial charge is 0.478 e. The molecule has 1 amide bonds. The van der Waals surface area contributed by atoms with E-state index in [1.165, 1.54) is 17.2 Å². The molecule has 90 valence electrons. The molecule has 1 aliphatic heterocycles. The third kappa shape index (κ3) is 2.01. The van der Waals surface area contributed by atoms with Crippen LogP contribution in [0.25, 0.3) is 0 Å². The van der Waals surface area contributed by atoms with Crippen molar-refractivity contribution in [3.8, 4) is 0 Å². The number of ether oxygens (including phenoxy) is 1. The highest BCUT2D eigenvalue weighted by Gasteiger charge is 2.31. The van der Waals surface area contributed by atoms with Crippen LogP contribution in [0.3, 0.4) is 0 Å². The third-order valence-electron chi connectivity index (χ3n) is 2.48. The molecule has 17 heavy (non-hydrogen) atoms. The van der Waals surface area contributed by atoms with Crippen LogP contribution in [-0.4, -0.2) is 28.7 Å². The van der Waals surface area contributed by atoms with Crippen molar-refractivity contribution in [2.45, 2.75) is 13.1 Å². The summed E-state index contributed by atoms with van der Waals surface area (Å²) in [6.45, 7) is 3.99. The van der Waals surface area contributed by atoms with E-state index in [2.05, 4.69) is 6.58 Å². The molecule has 0 atom stereocenters. The van der Waals surface area contributed by atoms with Crippen molar-refractivity contribution in [1.82, 2.24) is 4.90 Å². The number of carbonyl (C=O) groups excluding carboxylic acids is 1. The maximum absolute atomic E-state index is 11.5. The molecule has 1 aliphatic rings. The topological polar surface area (TPSA) is 80.0 Å². The number of carboxylic acids is 1. The summed E-state index contributed by atoms with van der Waals surface area (Å²) in [4.78, 5) is 23.8. The number of carbonyl (C=O) groups is 2. The van der Waals surface area contributed by atoms with Crippen molar-refractivity contribution in [2.24, 2.45) is 0 Å². The van der Waals surface area contributed by atoms with Crippen molar-refractivity contribution in [3.63, 3.8) is 0 Å². The van der Waals surface area contributed by atoms with Crippen LogP contribution in [0.2, 0.25) is 0 Å². The lowest BCUT2D eigenvalue weighted by atomic mass is 10.2. The third-order valence-corrected chi connectivity index (χ3v) is 2.48. The standard InChI is InChI=1S/C11H11NO5/c1-2-3-16-11(15)12-4-7-8(10(13)14)6-17-9(7)5-12/h2,6H,1,3-5H2,(H,13,14). The number of hydrogen-bond acceptors (Lipinski definition) is 4. The molecule has 0 spiro atoms. The van der Waals surface area contributed by atoms with Gasteiger partial charge < -0.3 is 14.3 Å². The number of fused-ring (bicyclic) bond motifs is 1. The lowest BCUT2D eigenvalue weighted by Crippen LogP contribution is -2.26. The van der Waals surface area contributed by atoms with Crippen molar-refractivity contribution >= 4 is 12.1 Å². The molecule has 2 heterocycles. The van der Waals surface area contributed by atoms with Crippen LogP contribution >= 0.6 is 0 Å². The summed E-state index contributed by atoms with van der Waals surface area (Å²) >= 11 is 0. The van der Waals surface area contributed by atoms with Gasteiger partial charge in [0.1, 0.15) is 24.2 Å². The smallest absolute Gasteiger partial charge is 0.410 e. The molecule has 0 aliphatic carbocycles. The van der Waals surface area contributed by atoms with Crippen LogP contribution in [0, 0.1) is 0 Å². The summed E-state index contributed by atoms with van der Waals surface area (Å²) in [6.07, 6.45) is 2.15. The first-order valence-electron chi connectivity index (χ1n) is 4.98.